The van der Waals surface area contributed by atoms with E-state index in [4.69, 9.17) is 11.6 Å². The molecule has 114 valence electrons. The van der Waals surface area contributed by atoms with Crippen LogP contribution in [0.25, 0.3) is 5.65 Å². The van der Waals surface area contributed by atoms with E-state index in [1.54, 1.807) is 6.07 Å². The molecule has 5 nitrogen and oxygen atoms in total. The summed E-state index contributed by atoms with van der Waals surface area (Å²) >= 11 is 5.87. The van der Waals surface area contributed by atoms with Gasteiger partial charge in [-0.25, -0.2) is 4.98 Å². The predicted molar refractivity (Wildman–Crippen MR) is 87.4 cm³/mol. The van der Waals surface area contributed by atoms with E-state index in [0.717, 1.165) is 30.0 Å². The molecule has 2 N–H and O–H groups in total. The number of imidazole rings is 1. The van der Waals surface area contributed by atoms with Gasteiger partial charge in [0.05, 0.1) is 10.7 Å². The van der Waals surface area contributed by atoms with E-state index in [9.17, 15) is 4.79 Å². The molecule has 0 aliphatic carbocycles. The Morgan fingerprint density at radius 2 is 2.27 bits per heavy atom. The number of hydrogen-bond acceptors (Lipinski definition) is 3. The number of hydrogen-bond donors (Lipinski definition) is 2. The van der Waals surface area contributed by atoms with Gasteiger partial charge in [-0.3, -0.25) is 4.79 Å². The van der Waals surface area contributed by atoms with Crippen molar-refractivity contribution in [3.63, 3.8) is 0 Å². The lowest BCUT2D eigenvalue weighted by Crippen LogP contribution is -2.22. The summed E-state index contributed by atoms with van der Waals surface area (Å²) in [5, 5.41) is 3.78. The monoisotopic (exact) mass is 316 g/mol. The molecule has 0 bridgehead atoms. The summed E-state index contributed by atoms with van der Waals surface area (Å²) in [6.07, 6.45) is 4.35. The molecule has 0 saturated heterocycles. The van der Waals surface area contributed by atoms with Crippen LogP contribution in [0.5, 0.6) is 0 Å². The van der Waals surface area contributed by atoms with E-state index in [1.165, 1.54) is 6.20 Å². The van der Waals surface area contributed by atoms with Gasteiger partial charge in [-0.2, -0.15) is 0 Å². The lowest BCUT2D eigenvalue weighted by Gasteiger charge is -2.03. The Morgan fingerprint density at radius 3 is 3.09 bits per heavy atom. The van der Waals surface area contributed by atoms with Gasteiger partial charge in [0.25, 0.3) is 5.56 Å². The predicted octanol–water partition coefficient (Wildman–Crippen LogP) is 2.32. The van der Waals surface area contributed by atoms with Crippen molar-refractivity contribution in [2.24, 2.45) is 0 Å². The van der Waals surface area contributed by atoms with Crippen LogP contribution in [0.15, 0.2) is 41.5 Å². The van der Waals surface area contributed by atoms with E-state index in [-0.39, 0.29) is 5.56 Å². The molecule has 3 rings (SSSR count). The van der Waals surface area contributed by atoms with Crippen LogP contribution in [0, 0.1) is 6.92 Å². The van der Waals surface area contributed by atoms with Crippen molar-refractivity contribution in [1.29, 1.82) is 0 Å². The highest BCUT2D eigenvalue weighted by Gasteiger charge is 2.04. The van der Waals surface area contributed by atoms with Crippen LogP contribution in [0.3, 0.4) is 0 Å². The van der Waals surface area contributed by atoms with Crippen molar-refractivity contribution in [1.82, 2.24) is 19.7 Å². The van der Waals surface area contributed by atoms with Gasteiger partial charge in [0.1, 0.15) is 5.65 Å². The molecule has 3 heterocycles. The van der Waals surface area contributed by atoms with Crippen molar-refractivity contribution < 1.29 is 0 Å². The number of aromatic nitrogens is 3. The molecule has 0 amide bonds. The molecular weight excluding hydrogens is 300 g/mol. The lowest BCUT2D eigenvalue weighted by atomic mass is 10.2. The Bertz CT molecular complexity index is 853. The minimum absolute atomic E-state index is 0.111. The number of pyridine rings is 2. The minimum atomic E-state index is -0.111. The third kappa shape index (κ3) is 3.21. The zero-order valence-electron chi connectivity index (χ0n) is 12.3. The molecule has 22 heavy (non-hydrogen) atoms. The molecule has 0 aliphatic rings. The Labute approximate surface area is 133 Å². The third-order valence-electron chi connectivity index (χ3n) is 3.56. The molecule has 0 atom stereocenters. The number of H-pyrrole nitrogens is 1. The van der Waals surface area contributed by atoms with Crippen molar-refractivity contribution in [3.05, 3.63) is 69.0 Å². The van der Waals surface area contributed by atoms with Crippen molar-refractivity contribution in [2.45, 2.75) is 19.9 Å². The zero-order chi connectivity index (χ0) is 15.5. The van der Waals surface area contributed by atoms with Gasteiger partial charge >= 0.3 is 0 Å². The van der Waals surface area contributed by atoms with E-state index < -0.39 is 0 Å². The first-order chi connectivity index (χ1) is 10.6. The second-order valence-electron chi connectivity index (χ2n) is 5.23. The third-order valence-corrected chi connectivity index (χ3v) is 3.78. The highest BCUT2D eigenvalue weighted by Crippen LogP contribution is 2.09. The van der Waals surface area contributed by atoms with E-state index in [0.29, 0.717) is 17.1 Å². The number of nitrogens with one attached hydrogen (secondary N) is 2. The number of rotatable bonds is 5. The second-order valence-corrected chi connectivity index (χ2v) is 5.66. The van der Waals surface area contributed by atoms with Crippen LogP contribution in [0.4, 0.5) is 0 Å². The molecule has 0 unspecified atom stereocenters. The summed E-state index contributed by atoms with van der Waals surface area (Å²) in [5.74, 6) is 0. The number of halogens is 1. The summed E-state index contributed by atoms with van der Waals surface area (Å²) in [7, 11) is 0. The first kappa shape index (κ1) is 14.8. The van der Waals surface area contributed by atoms with Gasteiger partial charge in [-0.05, 0) is 25.1 Å². The Hall–Kier alpha value is -2.11. The van der Waals surface area contributed by atoms with E-state index >= 15 is 0 Å². The number of aromatic amines is 1. The lowest BCUT2D eigenvalue weighted by molar-refractivity contribution is 0.676. The van der Waals surface area contributed by atoms with Gasteiger partial charge in [0.2, 0.25) is 0 Å². The molecular formula is C16H17ClN4O. The highest BCUT2D eigenvalue weighted by molar-refractivity contribution is 6.30. The largest absolute Gasteiger partial charge is 0.327 e. The molecule has 3 aromatic heterocycles. The highest BCUT2D eigenvalue weighted by atomic mass is 35.5. The second kappa shape index (κ2) is 6.34. The van der Waals surface area contributed by atoms with Gasteiger partial charge in [-0.15, -0.1) is 0 Å². The van der Waals surface area contributed by atoms with Crippen molar-refractivity contribution >= 4 is 17.2 Å². The number of fused-ring (bicyclic) bond motifs is 1. The molecule has 6 heteroatoms. The maximum atomic E-state index is 11.6. The quantitative estimate of drug-likeness (QED) is 0.710. The fraction of sp³-hybridized carbons (Fsp3) is 0.250. The average Bonchev–Trinajstić information content (AvgIpc) is 2.91. The van der Waals surface area contributed by atoms with Gasteiger partial charge in [-0.1, -0.05) is 17.7 Å². The number of aryl methyl sites for hydroxylation is 1. The molecule has 0 aliphatic heterocycles. The maximum absolute atomic E-state index is 11.6. The van der Waals surface area contributed by atoms with Crippen LogP contribution in [-0.2, 0) is 13.0 Å². The van der Waals surface area contributed by atoms with Gasteiger partial charge < -0.3 is 14.7 Å². The van der Waals surface area contributed by atoms with Crippen LogP contribution in [-0.4, -0.2) is 20.9 Å². The average molecular weight is 317 g/mol. The SMILES string of the molecule is Cc1cccc2nc(CCNCc3cc(Cl)c[nH]c3=O)cn12. The van der Waals surface area contributed by atoms with Crippen molar-refractivity contribution in [2.75, 3.05) is 6.54 Å². The van der Waals surface area contributed by atoms with Gasteiger partial charge in [0.15, 0.2) is 0 Å². The van der Waals surface area contributed by atoms with Crippen LogP contribution >= 0.6 is 11.6 Å². The van der Waals surface area contributed by atoms with Gasteiger partial charge in [0, 0.05) is 43.2 Å². The summed E-state index contributed by atoms with van der Waals surface area (Å²) in [4.78, 5) is 18.8. The standard InChI is InChI=1S/C16H17ClN4O/c1-11-3-2-4-15-20-14(10-21(11)15)5-6-18-8-12-7-13(17)9-19-16(12)22/h2-4,7,9-10,18H,5-6,8H2,1H3,(H,19,22). The fourth-order valence-corrected chi connectivity index (χ4v) is 2.58. The van der Waals surface area contributed by atoms with Crippen LogP contribution < -0.4 is 10.9 Å². The van der Waals surface area contributed by atoms with E-state index in [2.05, 4.69) is 38.9 Å². The van der Waals surface area contributed by atoms with Crippen molar-refractivity contribution in [3.8, 4) is 0 Å². The number of nitrogens with zero attached hydrogens (tertiary/aromatic N) is 2. The van der Waals surface area contributed by atoms with Crippen LogP contribution in [0.1, 0.15) is 17.0 Å². The Kier molecular flexibility index (Phi) is 4.27. The summed E-state index contributed by atoms with van der Waals surface area (Å²) in [5.41, 5.74) is 3.68. The Balaban J connectivity index is 1.59. The normalized spacial score (nSPS) is 11.2. The molecule has 0 aromatic carbocycles. The molecule has 0 spiro atoms. The summed E-state index contributed by atoms with van der Waals surface area (Å²) in [6, 6.07) is 7.74. The zero-order valence-corrected chi connectivity index (χ0v) is 13.0. The molecule has 0 radical (unpaired) electrons. The van der Waals surface area contributed by atoms with Crippen LogP contribution in [0.2, 0.25) is 5.02 Å². The smallest absolute Gasteiger partial charge is 0.252 e. The molecule has 0 fully saturated rings. The minimum Gasteiger partial charge on any atom is -0.327 e. The summed E-state index contributed by atoms with van der Waals surface area (Å²) < 4.78 is 2.08. The fourth-order valence-electron chi connectivity index (χ4n) is 2.39. The molecule has 3 aromatic rings. The topological polar surface area (TPSA) is 62.2 Å². The first-order valence-corrected chi connectivity index (χ1v) is 7.53. The van der Waals surface area contributed by atoms with E-state index in [1.807, 2.05) is 12.1 Å². The Morgan fingerprint density at radius 1 is 1.41 bits per heavy atom. The maximum Gasteiger partial charge on any atom is 0.252 e. The molecule has 0 saturated carbocycles. The summed E-state index contributed by atoms with van der Waals surface area (Å²) in [6.45, 7) is 3.29. The first-order valence-electron chi connectivity index (χ1n) is 7.15.